The Bertz CT molecular complexity index is 1130. The van der Waals surface area contributed by atoms with Crippen molar-refractivity contribution in [3.8, 4) is 0 Å². The lowest BCUT2D eigenvalue weighted by atomic mass is 10.1. The number of aromatic nitrogens is 3. The molecule has 3 rings (SSSR count). The minimum Gasteiger partial charge on any atom is -0.321 e. The summed E-state index contributed by atoms with van der Waals surface area (Å²) in [4.78, 5) is 41.4. The van der Waals surface area contributed by atoms with Crippen molar-refractivity contribution in [1.29, 1.82) is 0 Å². The SMILES string of the molecule is Cc1cnc2c(c1NC(=O)c1ccccc1Cl)c(=O)n(C)c(=O)n2C. The first-order valence-corrected chi connectivity index (χ1v) is 7.82. The number of benzene rings is 1. The molecule has 0 unspecified atom stereocenters. The summed E-state index contributed by atoms with van der Waals surface area (Å²) < 4.78 is 2.25. The standard InChI is InChI=1S/C17H15ClN4O3/c1-9-8-19-14-12(16(24)22(3)17(25)21(14)2)13(9)20-15(23)10-6-4-5-7-11(10)18/h4-8H,1-3H3,(H,19,20,23). The summed E-state index contributed by atoms with van der Waals surface area (Å²) in [5.74, 6) is -0.447. The van der Waals surface area contributed by atoms with Gasteiger partial charge in [0.05, 0.1) is 16.3 Å². The lowest BCUT2D eigenvalue weighted by Gasteiger charge is -2.14. The second kappa shape index (κ2) is 6.18. The Kier molecular flexibility index (Phi) is 4.18. The van der Waals surface area contributed by atoms with Crippen LogP contribution in [-0.2, 0) is 14.1 Å². The lowest BCUT2D eigenvalue weighted by molar-refractivity contribution is 0.102. The number of nitrogens with zero attached hydrogens (tertiary/aromatic N) is 3. The molecule has 0 saturated carbocycles. The Morgan fingerprint density at radius 3 is 2.52 bits per heavy atom. The minimum atomic E-state index is -0.524. The van der Waals surface area contributed by atoms with Crippen LogP contribution in [0, 0.1) is 6.92 Å². The monoisotopic (exact) mass is 358 g/mol. The van der Waals surface area contributed by atoms with Gasteiger partial charge >= 0.3 is 5.69 Å². The molecule has 1 N–H and O–H groups in total. The maximum Gasteiger partial charge on any atom is 0.332 e. The molecule has 3 aromatic rings. The van der Waals surface area contributed by atoms with E-state index in [0.29, 0.717) is 16.3 Å². The van der Waals surface area contributed by atoms with Crippen LogP contribution in [0.1, 0.15) is 15.9 Å². The highest BCUT2D eigenvalue weighted by Crippen LogP contribution is 2.24. The second-order valence-electron chi connectivity index (χ2n) is 5.65. The zero-order valence-corrected chi connectivity index (χ0v) is 14.6. The highest BCUT2D eigenvalue weighted by atomic mass is 35.5. The molecule has 1 aromatic carbocycles. The number of halogens is 1. The van der Waals surface area contributed by atoms with Crippen molar-refractivity contribution >= 4 is 34.2 Å². The van der Waals surface area contributed by atoms with Crippen LogP contribution in [0.5, 0.6) is 0 Å². The smallest absolute Gasteiger partial charge is 0.321 e. The van der Waals surface area contributed by atoms with Gasteiger partial charge in [-0.1, -0.05) is 23.7 Å². The number of aryl methyl sites for hydroxylation is 2. The number of pyridine rings is 1. The van der Waals surface area contributed by atoms with Crippen molar-refractivity contribution in [1.82, 2.24) is 14.1 Å². The van der Waals surface area contributed by atoms with Gasteiger partial charge in [-0.15, -0.1) is 0 Å². The zero-order valence-electron chi connectivity index (χ0n) is 13.8. The average Bonchev–Trinajstić information content (AvgIpc) is 2.60. The van der Waals surface area contributed by atoms with Gasteiger partial charge in [-0.05, 0) is 24.6 Å². The number of fused-ring (bicyclic) bond motifs is 1. The molecule has 0 fully saturated rings. The summed E-state index contributed by atoms with van der Waals surface area (Å²) in [6.45, 7) is 1.72. The van der Waals surface area contributed by atoms with Crippen LogP contribution in [0.2, 0.25) is 5.02 Å². The molecule has 0 aliphatic heterocycles. The third-order valence-corrected chi connectivity index (χ3v) is 4.35. The molecule has 0 bridgehead atoms. The van der Waals surface area contributed by atoms with Gasteiger partial charge in [0.15, 0.2) is 5.65 Å². The predicted octanol–water partition coefficient (Wildman–Crippen LogP) is 1.85. The van der Waals surface area contributed by atoms with Crippen molar-refractivity contribution in [2.75, 3.05) is 5.32 Å². The first-order chi connectivity index (χ1) is 11.8. The van der Waals surface area contributed by atoms with Gasteiger partial charge < -0.3 is 5.32 Å². The molecule has 0 aliphatic carbocycles. The van der Waals surface area contributed by atoms with Crippen LogP contribution in [0.3, 0.4) is 0 Å². The second-order valence-corrected chi connectivity index (χ2v) is 6.06. The van der Waals surface area contributed by atoms with Crippen LogP contribution in [0.4, 0.5) is 5.69 Å². The quantitative estimate of drug-likeness (QED) is 0.757. The Hall–Kier alpha value is -2.93. The number of anilines is 1. The first-order valence-electron chi connectivity index (χ1n) is 7.44. The number of hydrogen-bond donors (Lipinski definition) is 1. The Morgan fingerprint density at radius 2 is 1.84 bits per heavy atom. The van der Waals surface area contributed by atoms with E-state index in [1.807, 2.05) is 0 Å². The van der Waals surface area contributed by atoms with Crippen molar-refractivity contribution in [3.05, 3.63) is 67.4 Å². The van der Waals surface area contributed by atoms with Crippen molar-refractivity contribution in [3.63, 3.8) is 0 Å². The first kappa shape index (κ1) is 16.9. The average molecular weight is 359 g/mol. The topological polar surface area (TPSA) is 86.0 Å². The highest BCUT2D eigenvalue weighted by Gasteiger charge is 2.18. The third kappa shape index (κ3) is 2.72. The summed E-state index contributed by atoms with van der Waals surface area (Å²) in [6.07, 6.45) is 1.50. The fourth-order valence-electron chi connectivity index (χ4n) is 2.61. The van der Waals surface area contributed by atoms with Gasteiger partial charge in [0, 0.05) is 20.3 Å². The normalized spacial score (nSPS) is 10.9. The number of carbonyl (C=O) groups excluding carboxylic acids is 1. The Labute approximate surface area is 147 Å². The van der Waals surface area contributed by atoms with E-state index in [4.69, 9.17) is 11.6 Å². The molecular weight excluding hydrogens is 344 g/mol. The molecule has 0 radical (unpaired) electrons. The Balaban J connectivity index is 2.25. The summed E-state index contributed by atoms with van der Waals surface area (Å²) in [6, 6.07) is 6.61. The molecule has 1 amide bonds. The minimum absolute atomic E-state index is 0.171. The van der Waals surface area contributed by atoms with Gasteiger partial charge in [0.1, 0.15) is 5.39 Å². The van der Waals surface area contributed by atoms with Crippen molar-refractivity contribution < 1.29 is 4.79 Å². The molecular formula is C17H15ClN4O3. The molecule has 2 heterocycles. The molecule has 128 valence electrons. The van der Waals surface area contributed by atoms with Gasteiger partial charge in [-0.2, -0.15) is 0 Å². The van der Waals surface area contributed by atoms with Crippen LogP contribution < -0.4 is 16.6 Å². The Morgan fingerprint density at radius 1 is 1.16 bits per heavy atom. The van der Waals surface area contributed by atoms with E-state index >= 15 is 0 Å². The fourth-order valence-corrected chi connectivity index (χ4v) is 2.83. The van der Waals surface area contributed by atoms with Crippen molar-refractivity contribution in [2.45, 2.75) is 6.92 Å². The molecule has 0 saturated heterocycles. The fraction of sp³-hybridized carbons (Fsp3) is 0.176. The largest absolute Gasteiger partial charge is 0.332 e. The number of nitrogens with one attached hydrogen (secondary N) is 1. The maximum absolute atomic E-state index is 12.6. The highest BCUT2D eigenvalue weighted by molar-refractivity contribution is 6.34. The molecule has 2 aromatic heterocycles. The van der Waals surface area contributed by atoms with Gasteiger partial charge in [-0.25, -0.2) is 9.78 Å². The van der Waals surface area contributed by atoms with Crippen LogP contribution >= 0.6 is 11.6 Å². The summed E-state index contributed by atoms with van der Waals surface area (Å²) in [7, 11) is 2.90. The van der Waals surface area contributed by atoms with E-state index in [9.17, 15) is 14.4 Å². The summed E-state index contributed by atoms with van der Waals surface area (Å²) in [5, 5.41) is 3.21. The molecule has 0 atom stereocenters. The van der Waals surface area contributed by atoms with E-state index in [1.165, 1.54) is 24.9 Å². The van der Waals surface area contributed by atoms with E-state index in [2.05, 4.69) is 10.3 Å². The molecule has 7 nitrogen and oxygen atoms in total. The predicted molar refractivity (Wildman–Crippen MR) is 96.4 cm³/mol. The van der Waals surface area contributed by atoms with Crippen LogP contribution in [0.25, 0.3) is 11.0 Å². The zero-order chi connectivity index (χ0) is 18.3. The number of rotatable bonds is 2. The maximum atomic E-state index is 12.6. The van der Waals surface area contributed by atoms with E-state index in [-0.39, 0.29) is 16.6 Å². The van der Waals surface area contributed by atoms with E-state index in [1.54, 1.807) is 31.2 Å². The van der Waals surface area contributed by atoms with Crippen LogP contribution in [-0.4, -0.2) is 20.0 Å². The summed E-state index contributed by atoms with van der Waals surface area (Å²) in [5.41, 5.74) is 0.388. The van der Waals surface area contributed by atoms with Gasteiger partial charge in [-0.3, -0.25) is 18.7 Å². The molecule has 8 heteroatoms. The number of hydrogen-bond acceptors (Lipinski definition) is 4. The van der Waals surface area contributed by atoms with Crippen LogP contribution in [0.15, 0.2) is 40.1 Å². The summed E-state index contributed by atoms with van der Waals surface area (Å²) >= 11 is 6.06. The van der Waals surface area contributed by atoms with Gasteiger partial charge in [0.2, 0.25) is 0 Å². The molecule has 25 heavy (non-hydrogen) atoms. The molecule has 0 aliphatic rings. The number of amides is 1. The third-order valence-electron chi connectivity index (χ3n) is 4.02. The number of carbonyl (C=O) groups is 1. The molecule has 0 spiro atoms. The van der Waals surface area contributed by atoms with Crippen molar-refractivity contribution in [2.24, 2.45) is 14.1 Å². The lowest BCUT2D eigenvalue weighted by Crippen LogP contribution is -2.37. The van der Waals surface area contributed by atoms with E-state index in [0.717, 1.165) is 4.57 Å². The van der Waals surface area contributed by atoms with E-state index < -0.39 is 17.2 Å². The van der Waals surface area contributed by atoms with Gasteiger partial charge in [0.25, 0.3) is 11.5 Å².